The van der Waals surface area contributed by atoms with Gasteiger partial charge < -0.3 is 20.4 Å². The van der Waals surface area contributed by atoms with Crippen molar-refractivity contribution < 1.29 is 32.3 Å². The van der Waals surface area contributed by atoms with Gasteiger partial charge in [0.1, 0.15) is 11.9 Å². The van der Waals surface area contributed by atoms with Crippen molar-refractivity contribution in [3.63, 3.8) is 0 Å². The zero-order valence-electron chi connectivity index (χ0n) is 23.9. The minimum Gasteiger partial charge on any atom is -0.383 e. The highest BCUT2D eigenvalue weighted by molar-refractivity contribution is 6.25. The Balaban J connectivity index is 1.04. The van der Waals surface area contributed by atoms with E-state index in [0.29, 0.717) is 56.7 Å². The summed E-state index contributed by atoms with van der Waals surface area (Å²) in [5.74, 6) is -1.28. The smallest absolute Gasteiger partial charge is 0.383 e. The Bertz CT molecular complexity index is 1660. The van der Waals surface area contributed by atoms with E-state index in [-0.39, 0.29) is 29.7 Å². The van der Waals surface area contributed by atoms with E-state index in [1.54, 1.807) is 35.4 Å². The lowest BCUT2D eigenvalue weighted by molar-refractivity contribution is -0.137. The van der Waals surface area contributed by atoms with Crippen LogP contribution in [0.4, 0.5) is 36.3 Å². The van der Waals surface area contributed by atoms with Crippen molar-refractivity contribution in [1.29, 1.82) is 0 Å². The van der Waals surface area contributed by atoms with E-state index in [4.69, 9.17) is 0 Å². The van der Waals surface area contributed by atoms with Gasteiger partial charge in [-0.15, -0.1) is 0 Å². The average molecular weight is 623 g/mol. The Kier molecular flexibility index (Phi) is 7.99. The molecule has 3 aromatic rings. The fourth-order valence-electron chi connectivity index (χ4n) is 5.79. The third-order valence-electron chi connectivity index (χ3n) is 7.97. The number of alkyl halides is 3. The van der Waals surface area contributed by atoms with E-state index in [9.17, 15) is 32.3 Å². The standard InChI is InChI=1S/C30H29F3N8O4/c31-30(32,33)19-5-1-2-7-21(19)39-14-16-40(17-15-39)29-36-11-10-23(37-29)35-13-12-34-20-6-3-4-18-25(20)28(45)41(27(18)44)22-8-9-24(42)38-26(22)43/h1-7,10-11,22,34H,8-9,12-17H2,(H,35,36,37)(H,38,42,43). The van der Waals surface area contributed by atoms with E-state index in [2.05, 4.69) is 25.9 Å². The maximum atomic E-state index is 13.5. The van der Waals surface area contributed by atoms with Crippen molar-refractivity contribution in [3.05, 3.63) is 71.4 Å². The van der Waals surface area contributed by atoms with E-state index < -0.39 is 41.4 Å². The van der Waals surface area contributed by atoms with Gasteiger partial charge in [-0.25, -0.2) is 4.98 Å². The summed E-state index contributed by atoms with van der Waals surface area (Å²) in [6.07, 6.45) is -2.72. The lowest BCUT2D eigenvalue weighted by Crippen LogP contribution is -2.54. The summed E-state index contributed by atoms with van der Waals surface area (Å²) >= 11 is 0. The van der Waals surface area contributed by atoms with Gasteiger partial charge in [0, 0.05) is 63.3 Å². The maximum absolute atomic E-state index is 13.5. The molecule has 2 fully saturated rings. The van der Waals surface area contributed by atoms with Crippen LogP contribution < -0.4 is 25.8 Å². The number of imide groups is 2. The first-order valence-electron chi connectivity index (χ1n) is 14.4. The Morgan fingerprint density at radius 3 is 2.36 bits per heavy atom. The molecule has 6 rings (SSSR count). The first kappa shape index (κ1) is 29.8. The zero-order chi connectivity index (χ0) is 31.7. The number of nitrogens with zero attached hydrogens (tertiary/aromatic N) is 5. The van der Waals surface area contributed by atoms with E-state index in [1.807, 2.05) is 4.90 Å². The number of anilines is 4. The van der Waals surface area contributed by atoms with Crippen molar-refractivity contribution in [2.75, 3.05) is 59.7 Å². The molecule has 4 heterocycles. The third kappa shape index (κ3) is 5.97. The highest BCUT2D eigenvalue weighted by Gasteiger charge is 2.45. The molecule has 12 nitrogen and oxygen atoms in total. The largest absolute Gasteiger partial charge is 0.418 e. The van der Waals surface area contributed by atoms with Crippen LogP contribution in [-0.4, -0.2) is 83.8 Å². The number of carbonyl (C=O) groups excluding carboxylic acids is 4. The number of benzene rings is 2. The van der Waals surface area contributed by atoms with Crippen LogP contribution in [-0.2, 0) is 15.8 Å². The number of para-hydroxylation sites is 1. The molecular formula is C30H29F3N8O4. The maximum Gasteiger partial charge on any atom is 0.418 e. The van der Waals surface area contributed by atoms with Crippen LogP contribution in [0.1, 0.15) is 39.1 Å². The first-order chi connectivity index (χ1) is 21.6. The number of amides is 4. The summed E-state index contributed by atoms with van der Waals surface area (Å²) < 4.78 is 40.5. The molecule has 0 spiro atoms. The van der Waals surface area contributed by atoms with Gasteiger partial charge in [0.15, 0.2) is 0 Å². The fourth-order valence-corrected chi connectivity index (χ4v) is 5.79. The Morgan fingerprint density at radius 2 is 1.60 bits per heavy atom. The molecule has 3 aliphatic heterocycles. The second-order valence-corrected chi connectivity index (χ2v) is 10.8. The second-order valence-electron chi connectivity index (χ2n) is 10.8. The second kappa shape index (κ2) is 12.1. The SMILES string of the molecule is O=C1CCC(N2C(=O)c3cccc(NCCNc4ccnc(N5CCN(c6ccccc6C(F)(F)F)CC5)n4)c3C2=O)C(=O)N1. The van der Waals surface area contributed by atoms with Gasteiger partial charge in [0.2, 0.25) is 17.8 Å². The Morgan fingerprint density at radius 1 is 0.867 bits per heavy atom. The van der Waals surface area contributed by atoms with Crippen LogP contribution in [0.5, 0.6) is 0 Å². The molecule has 45 heavy (non-hydrogen) atoms. The first-order valence-corrected chi connectivity index (χ1v) is 14.4. The van der Waals surface area contributed by atoms with Crippen molar-refractivity contribution >= 4 is 46.8 Å². The Labute approximate surface area is 255 Å². The number of piperidine rings is 1. The molecule has 3 aliphatic rings. The van der Waals surface area contributed by atoms with Gasteiger partial charge in [-0.1, -0.05) is 18.2 Å². The quantitative estimate of drug-likeness (QED) is 0.254. The summed E-state index contributed by atoms with van der Waals surface area (Å²) in [7, 11) is 0. The number of halogens is 3. The van der Waals surface area contributed by atoms with Crippen LogP contribution in [0.25, 0.3) is 0 Å². The predicted octanol–water partition coefficient (Wildman–Crippen LogP) is 2.75. The third-order valence-corrected chi connectivity index (χ3v) is 7.97. The molecule has 1 aromatic heterocycles. The summed E-state index contributed by atoms with van der Waals surface area (Å²) in [5.41, 5.74) is 0.305. The summed E-state index contributed by atoms with van der Waals surface area (Å²) in [5, 5.41) is 8.54. The van der Waals surface area contributed by atoms with Crippen LogP contribution >= 0.6 is 0 Å². The number of nitrogens with one attached hydrogen (secondary N) is 3. The topological polar surface area (TPSA) is 140 Å². The molecule has 2 aromatic carbocycles. The van der Waals surface area contributed by atoms with Gasteiger partial charge in [0.25, 0.3) is 11.8 Å². The molecule has 0 aliphatic carbocycles. The van der Waals surface area contributed by atoms with Crippen molar-refractivity contribution in [1.82, 2.24) is 20.2 Å². The summed E-state index contributed by atoms with van der Waals surface area (Å²) in [6.45, 7) is 2.38. The number of aromatic nitrogens is 2. The number of piperazine rings is 1. The van der Waals surface area contributed by atoms with E-state index in [1.165, 1.54) is 18.2 Å². The molecule has 0 radical (unpaired) electrons. The number of fused-ring (bicyclic) bond motifs is 1. The zero-order valence-corrected chi connectivity index (χ0v) is 23.9. The number of hydrogen-bond donors (Lipinski definition) is 3. The monoisotopic (exact) mass is 622 g/mol. The minimum atomic E-state index is -4.44. The lowest BCUT2D eigenvalue weighted by Gasteiger charge is -2.37. The predicted molar refractivity (Wildman–Crippen MR) is 158 cm³/mol. The van der Waals surface area contributed by atoms with Crippen molar-refractivity contribution in [3.8, 4) is 0 Å². The van der Waals surface area contributed by atoms with Gasteiger partial charge in [-0.05, 0) is 36.8 Å². The van der Waals surface area contributed by atoms with Crippen molar-refractivity contribution in [2.24, 2.45) is 0 Å². The highest BCUT2D eigenvalue weighted by atomic mass is 19.4. The lowest BCUT2D eigenvalue weighted by atomic mass is 10.0. The molecule has 15 heteroatoms. The number of rotatable bonds is 8. The molecular weight excluding hydrogens is 593 g/mol. The normalized spacial score (nSPS) is 18.6. The van der Waals surface area contributed by atoms with Gasteiger partial charge in [-0.3, -0.25) is 29.4 Å². The molecule has 1 unspecified atom stereocenters. The van der Waals surface area contributed by atoms with Gasteiger partial charge in [-0.2, -0.15) is 18.2 Å². The van der Waals surface area contributed by atoms with Crippen LogP contribution in [0.3, 0.4) is 0 Å². The molecule has 234 valence electrons. The van der Waals surface area contributed by atoms with Gasteiger partial charge >= 0.3 is 6.18 Å². The molecule has 1 atom stereocenters. The van der Waals surface area contributed by atoms with E-state index >= 15 is 0 Å². The average Bonchev–Trinajstić information content (AvgIpc) is 3.29. The van der Waals surface area contributed by atoms with Crippen LogP contribution in [0.15, 0.2) is 54.7 Å². The molecule has 0 saturated carbocycles. The van der Waals surface area contributed by atoms with Crippen LogP contribution in [0.2, 0.25) is 0 Å². The van der Waals surface area contributed by atoms with E-state index in [0.717, 1.165) is 11.0 Å². The van der Waals surface area contributed by atoms with Gasteiger partial charge in [0.05, 0.1) is 16.7 Å². The van der Waals surface area contributed by atoms with Crippen LogP contribution in [0, 0.1) is 0 Å². The Hall–Kier alpha value is -5.21. The summed E-state index contributed by atoms with van der Waals surface area (Å²) in [4.78, 5) is 63.7. The summed E-state index contributed by atoms with van der Waals surface area (Å²) in [6, 6.07) is 11.1. The molecule has 4 amide bonds. The highest BCUT2D eigenvalue weighted by Crippen LogP contribution is 2.37. The number of carbonyl (C=O) groups is 4. The molecule has 3 N–H and O–H groups in total. The minimum absolute atomic E-state index is 0.0397. The fraction of sp³-hybridized carbons (Fsp3) is 0.333. The van der Waals surface area contributed by atoms with Crippen molar-refractivity contribution in [2.45, 2.75) is 25.1 Å². The molecule has 0 bridgehead atoms. The molecule has 2 saturated heterocycles. The number of hydrogen-bond acceptors (Lipinski definition) is 10.